The van der Waals surface area contributed by atoms with Crippen molar-refractivity contribution in [2.24, 2.45) is 23.7 Å². The Labute approximate surface area is 141 Å². The van der Waals surface area contributed by atoms with Gasteiger partial charge >= 0.3 is 11.9 Å². The van der Waals surface area contributed by atoms with Crippen LogP contribution < -0.4 is 0 Å². The van der Waals surface area contributed by atoms with E-state index in [0.717, 1.165) is 5.57 Å². The highest BCUT2D eigenvalue weighted by Gasteiger charge is 2.57. The molecule has 7 atom stereocenters. The van der Waals surface area contributed by atoms with Gasteiger partial charge in [0.05, 0.1) is 25.0 Å². The number of allylic oxidation sites excluding steroid dienone is 2. The van der Waals surface area contributed by atoms with Gasteiger partial charge in [0.2, 0.25) is 0 Å². The lowest BCUT2D eigenvalue weighted by Crippen LogP contribution is -2.60. The Morgan fingerprint density at radius 3 is 2.88 bits per heavy atom. The molecule has 24 heavy (non-hydrogen) atoms. The van der Waals surface area contributed by atoms with Crippen molar-refractivity contribution in [3.05, 3.63) is 24.3 Å². The number of carbonyl (C=O) groups excluding carboxylic acids is 2. The van der Waals surface area contributed by atoms with Crippen molar-refractivity contribution < 1.29 is 28.5 Å². The Morgan fingerprint density at radius 1 is 1.46 bits per heavy atom. The molecule has 2 aliphatic heterocycles. The standard InChI is InChI=1S/C18H24O6/c1-5-11-7-9(3)13-15(14(11)17(19)21-6-2)18(20)24-12-8-22-10(4)23-16(12)13/h5,7,10-16H,1,6,8H2,2-4H3/t10-,11+,12-,13-,14-,15-,16-/m1/s1. The van der Waals surface area contributed by atoms with Gasteiger partial charge in [0.15, 0.2) is 12.4 Å². The summed E-state index contributed by atoms with van der Waals surface area (Å²) in [6.07, 6.45) is 2.56. The van der Waals surface area contributed by atoms with Crippen LogP contribution in [0, 0.1) is 23.7 Å². The molecule has 0 spiro atoms. The molecule has 6 heteroatoms. The molecule has 0 N–H and O–H groups in total. The maximum absolute atomic E-state index is 12.7. The Kier molecular flexibility index (Phi) is 4.78. The van der Waals surface area contributed by atoms with Gasteiger partial charge < -0.3 is 18.9 Å². The van der Waals surface area contributed by atoms with Crippen LogP contribution in [0.15, 0.2) is 24.3 Å². The molecule has 0 saturated carbocycles. The quantitative estimate of drug-likeness (QED) is 0.579. The molecule has 2 heterocycles. The molecule has 0 aromatic carbocycles. The topological polar surface area (TPSA) is 71.1 Å². The summed E-state index contributed by atoms with van der Waals surface area (Å²) in [5.74, 6) is -2.51. The predicted molar refractivity (Wildman–Crippen MR) is 84.7 cm³/mol. The number of hydrogen-bond acceptors (Lipinski definition) is 6. The van der Waals surface area contributed by atoms with E-state index in [1.54, 1.807) is 13.0 Å². The van der Waals surface area contributed by atoms with Crippen LogP contribution in [0.5, 0.6) is 0 Å². The predicted octanol–water partition coefficient (Wildman–Crippen LogP) is 1.85. The molecule has 6 nitrogen and oxygen atoms in total. The molecule has 0 unspecified atom stereocenters. The molecule has 3 aliphatic rings. The fraction of sp³-hybridized carbons (Fsp3) is 0.667. The van der Waals surface area contributed by atoms with Gasteiger partial charge in [-0.1, -0.05) is 17.7 Å². The van der Waals surface area contributed by atoms with Gasteiger partial charge in [0.1, 0.15) is 6.10 Å². The van der Waals surface area contributed by atoms with E-state index in [9.17, 15) is 9.59 Å². The van der Waals surface area contributed by atoms with Gasteiger partial charge in [-0.15, -0.1) is 6.58 Å². The molecule has 3 rings (SSSR count). The molecule has 0 aromatic rings. The summed E-state index contributed by atoms with van der Waals surface area (Å²) in [5.41, 5.74) is 1.02. The first-order valence-electron chi connectivity index (χ1n) is 8.43. The van der Waals surface area contributed by atoms with E-state index in [1.807, 2.05) is 19.9 Å². The van der Waals surface area contributed by atoms with Crippen molar-refractivity contribution in [1.82, 2.24) is 0 Å². The van der Waals surface area contributed by atoms with E-state index in [2.05, 4.69) is 6.58 Å². The Hall–Kier alpha value is -1.66. The summed E-state index contributed by atoms with van der Waals surface area (Å²) in [5, 5.41) is 0. The first-order chi connectivity index (χ1) is 11.5. The highest BCUT2D eigenvalue weighted by Crippen LogP contribution is 2.47. The van der Waals surface area contributed by atoms with Crippen LogP contribution >= 0.6 is 0 Å². The number of rotatable bonds is 3. The molecule has 0 aromatic heterocycles. The molecular formula is C18H24O6. The molecule has 2 saturated heterocycles. The monoisotopic (exact) mass is 336 g/mol. The van der Waals surface area contributed by atoms with E-state index in [1.165, 1.54) is 0 Å². The second kappa shape index (κ2) is 6.69. The third-order valence-electron chi connectivity index (χ3n) is 5.10. The van der Waals surface area contributed by atoms with E-state index in [0.29, 0.717) is 6.61 Å². The first-order valence-corrected chi connectivity index (χ1v) is 8.43. The van der Waals surface area contributed by atoms with Crippen molar-refractivity contribution in [3.8, 4) is 0 Å². The smallest absolute Gasteiger partial charge is 0.311 e. The molecular weight excluding hydrogens is 312 g/mol. The van der Waals surface area contributed by atoms with Crippen LogP contribution in [0.3, 0.4) is 0 Å². The summed E-state index contributed by atoms with van der Waals surface area (Å²) in [6.45, 7) is 9.92. The number of carbonyl (C=O) groups is 2. The SMILES string of the molecule is C=C[C@H]1C=C(C)[C@H]2[C@@H]3O[C@H](C)OC[C@H]3OC(=O)[C@H]2[C@@H]1C(=O)OCC. The fourth-order valence-electron chi connectivity index (χ4n) is 4.10. The number of ether oxygens (including phenoxy) is 4. The Balaban J connectivity index is 2.00. The van der Waals surface area contributed by atoms with E-state index in [4.69, 9.17) is 18.9 Å². The Bertz CT molecular complexity index is 568. The zero-order valence-corrected chi connectivity index (χ0v) is 14.3. The maximum Gasteiger partial charge on any atom is 0.311 e. The molecule has 2 fully saturated rings. The zero-order chi connectivity index (χ0) is 17.4. The summed E-state index contributed by atoms with van der Waals surface area (Å²) in [6, 6.07) is 0. The minimum absolute atomic E-state index is 0.215. The van der Waals surface area contributed by atoms with Crippen LogP contribution in [-0.2, 0) is 28.5 Å². The lowest BCUT2D eigenvalue weighted by molar-refractivity contribution is -0.279. The summed E-state index contributed by atoms with van der Waals surface area (Å²) in [4.78, 5) is 25.2. The minimum atomic E-state index is -0.633. The normalized spacial score (nSPS) is 41.4. The highest BCUT2D eigenvalue weighted by molar-refractivity contribution is 5.84. The minimum Gasteiger partial charge on any atom is -0.466 e. The Morgan fingerprint density at radius 2 is 2.21 bits per heavy atom. The third kappa shape index (κ3) is 2.78. The average molecular weight is 336 g/mol. The summed E-state index contributed by atoms with van der Waals surface area (Å²) >= 11 is 0. The van der Waals surface area contributed by atoms with Gasteiger partial charge in [-0.05, 0) is 20.8 Å². The van der Waals surface area contributed by atoms with E-state index >= 15 is 0 Å². The molecule has 0 bridgehead atoms. The van der Waals surface area contributed by atoms with Crippen LogP contribution in [0.2, 0.25) is 0 Å². The second-order valence-corrected chi connectivity index (χ2v) is 6.53. The maximum atomic E-state index is 12.7. The van der Waals surface area contributed by atoms with Crippen LogP contribution in [0.1, 0.15) is 20.8 Å². The van der Waals surface area contributed by atoms with Gasteiger partial charge in [0.25, 0.3) is 0 Å². The van der Waals surface area contributed by atoms with Crippen molar-refractivity contribution in [2.75, 3.05) is 13.2 Å². The number of esters is 2. The molecule has 0 amide bonds. The van der Waals surface area contributed by atoms with E-state index in [-0.39, 0.29) is 36.8 Å². The summed E-state index contributed by atoms with van der Waals surface area (Å²) < 4.78 is 22.1. The average Bonchev–Trinajstić information content (AvgIpc) is 2.55. The fourth-order valence-corrected chi connectivity index (χ4v) is 4.10. The first kappa shape index (κ1) is 17.2. The van der Waals surface area contributed by atoms with Gasteiger partial charge in [-0.25, -0.2) is 0 Å². The number of fused-ring (bicyclic) bond motifs is 3. The van der Waals surface area contributed by atoms with Crippen LogP contribution in [-0.4, -0.2) is 43.7 Å². The zero-order valence-electron chi connectivity index (χ0n) is 14.3. The third-order valence-corrected chi connectivity index (χ3v) is 5.10. The van der Waals surface area contributed by atoms with Crippen LogP contribution in [0.25, 0.3) is 0 Å². The second-order valence-electron chi connectivity index (χ2n) is 6.53. The molecule has 132 valence electrons. The van der Waals surface area contributed by atoms with Crippen molar-refractivity contribution in [1.29, 1.82) is 0 Å². The number of hydrogen-bond donors (Lipinski definition) is 0. The lowest BCUT2D eigenvalue weighted by atomic mass is 9.63. The summed E-state index contributed by atoms with van der Waals surface area (Å²) in [7, 11) is 0. The lowest BCUT2D eigenvalue weighted by Gasteiger charge is -2.49. The van der Waals surface area contributed by atoms with Crippen molar-refractivity contribution >= 4 is 11.9 Å². The largest absolute Gasteiger partial charge is 0.466 e. The van der Waals surface area contributed by atoms with Gasteiger partial charge in [-0.2, -0.15) is 0 Å². The van der Waals surface area contributed by atoms with Crippen LogP contribution in [0.4, 0.5) is 0 Å². The van der Waals surface area contributed by atoms with Gasteiger partial charge in [-0.3, -0.25) is 9.59 Å². The van der Waals surface area contributed by atoms with Gasteiger partial charge in [0, 0.05) is 11.8 Å². The molecule has 1 aliphatic carbocycles. The molecule has 0 radical (unpaired) electrons. The van der Waals surface area contributed by atoms with Crippen molar-refractivity contribution in [3.63, 3.8) is 0 Å². The van der Waals surface area contributed by atoms with E-state index < -0.39 is 23.9 Å². The van der Waals surface area contributed by atoms with Crippen molar-refractivity contribution in [2.45, 2.75) is 39.3 Å². The highest BCUT2D eigenvalue weighted by atomic mass is 16.7.